The fourth-order valence-corrected chi connectivity index (χ4v) is 23.4. The number of sulfonamides is 2. The molecular formula is C66H68Br2ClN7O12S2Si2. The van der Waals surface area contributed by atoms with E-state index < -0.39 is 110 Å². The van der Waals surface area contributed by atoms with Crippen molar-refractivity contribution < 1.29 is 55.1 Å². The molecule has 7 aromatic rings. The average molecular weight is 1470 g/mol. The summed E-state index contributed by atoms with van der Waals surface area (Å²) in [5, 5.41) is 14.1. The number of hydrogen-bond acceptors (Lipinski definition) is 12. The number of halogens is 3. The van der Waals surface area contributed by atoms with Crippen molar-refractivity contribution in [1.82, 2.24) is 24.2 Å². The van der Waals surface area contributed by atoms with Crippen molar-refractivity contribution in [3.63, 3.8) is 0 Å². The van der Waals surface area contributed by atoms with Crippen molar-refractivity contribution >= 4 is 142 Å². The molecule has 4 saturated heterocycles. The zero-order chi connectivity index (χ0) is 66.2. The Labute approximate surface area is 558 Å². The first-order chi connectivity index (χ1) is 43.3. The molecule has 1 aromatic heterocycles. The van der Waals surface area contributed by atoms with Crippen LogP contribution in [0.25, 0.3) is 17.0 Å². The smallest absolute Gasteiger partial charge is 0.418 e. The number of likely N-dealkylation sites (N-methyl/N-ethyl adjacent to an activating group) is 2. The van der Waals surface area contributed by atoms with Gasteiger partial charge < -0.3 is 33.9 Å². The lowest BCUT2D eigenvalue weighted by Crippen LogP contribution is -2.64. The van der Waals surface area contributed by atoms with E-state index in [9.17, 15) is 45.9 Å². The average Bonchev–Trinajstić information content (AvgIpc) is 1.51. The Kier molecular flexibility index (Phi) is 16.4. The number of carbonyl (C=O) groups is 5. The minimum Gasteiger partial charge on any atom is -0.443 e. The van der Waals surface area contributed by atoms with E-state index in [4.69, 9.17) is 20.2 Å². The molecule has 1 aliphatic carbocycles. The Balaban J connectivity index is 0.000000159. The number of fused-ring (bicyclic) bond motifs is 12. The number of aliphatic hydroxyl groups excluding tert-OH is 1. The van der Waals surface area contributed by atoms with E-state index in [1.165, 1.54) is 76.1 Å². The van der Waals surface area contributed by atoms with E-state index >= 15 is 0 Å². The van der Waals surface area contributed by atoms with Gasteiger partial charge in [0.15, 0.2) is 7.38 Å². The Bertz CT molecular complexity index is 4460. The van der Waals surface area contributed by atoms with Gasteiger partial charge in [0.1, 0.15) is 44.8 Å². The Morgan fingerprint density at radius 1 is 0.630 bits per heavy atom. The van der Waals surface area contributed by atoms with Crippen LogP contribution in [0.1, 0.15) is 43.0 Å². The highest BCUT2D eigenvalue weighted by Gasteiger charge is 2.74. The molecular weight excluding hydrogens is 1400 g/mol. The van der Waals surface area contributed by atoms with E-state index in [1.807, 2.05) is 43.4 Å². The van der Waals surface area contributed by atoms with Crippen LogP contribution in [0.2, 0.25) is 26.2 Å². The first-order valence-electron chi connectivity index (χ1n) is 29.8. The van der Waals surface area contributed by atoms with Crippen LogP contribution in [0.3, 0.4) is 0 Å². The minimum atomic E-state index is -4.25. The highest BCUT2D eigenvalue weighted by atomic mass is 79.9. The van der Waals surface area contributed by atoms with E-state index in [1.54, 1.807) is 113 Å². The molecule has 14 rings (SSSR count). The Hall–Kier alpha value is -6.95. The lowest BCUT2D eigenvalue weighted by molar-refractivity contribution is -0.156. The molecule has 0 bridgehead atoms. The normalized spacial score (nSPS) is 24.8. The quantitative estimate of drug-likeness (QED) is 0.0856. The highest BCUT2D eigenvalue weighted by molar-refractivity contribution is 9.10. The molecule has 6 aromatic carbocycles. The summed E-state index contributed by atoms with van der Waals surface area (Å²) in [5.74, 6) is -1.63. The molecule has 1 N–H and O–H groups in total. The van der Waals surface area contributed by atoms with Gasteiger partial charge in [0, 0.05) is 30.4 Å². The molecule has 6 aliphatic heterocycles. The molecule has 19 nitrogen and oxygen atoms in total. The fourth-order valence-electron chi connectivity index (χ4n) is 13.7. The molecule has 0 radical (unpaired) electrons. The number of anilines is 2. The molecule has 4 fully saturated rings. The number of para-hydroxylation sites is 3. The van der Waals surface area contributed by atoms with Crippen molar-refractivity contribution in [2.45, 2.75) is 114 Å². The third-order valence-corrected chi connectivity index (χ3v) is 29.1. The van der Waals surface area contributed by atoms with Gasteiger partial charge in [-0.05, 0) is 106 Å². The van der Waals surface area contributed by atoms with Crippen LogP contribution in [0.5, 0.6) is 0 Å². The number of aliphatic hydroxyl groups is 1. The van der Waals surface area contributed by atoms with Gasteiger partial charge in [-0.3, -0.25) is 23.7 Å². The van der Waals surface area contributed by atoms with Gasteiger partial charge in [0.05, 0.1) is 45.9 Å². The van der Waals surface area contributed by atoms with Gasteiger partial charge in [0.25, 0.3) is 20.0 Å². The van der Waals surface area contributed by atoms with Crippen molar-refractivity contribution in [2.24, 2.45) is 0 Å². The maximum Gasteiger partial charge on any atom is 0.418 e. The Morgan fingerprint density at radius 3 is 1.62 bits per heavy atom. The number of ether oxygens (including phenoxy) is 1. The first kappa shape index (κ1) is 65.1. The van der Waals surface area contributed by atoms with Gasteiger partial charge in [-0.2, -0.15) is 11.1 Å². The molecule has 0 spiro atoms. The standard InChI is InChI=1S/C35H37BrN4O7SSi.C20H18BrN3O5S.C11H13ClSi/c1-34(2,3)46-33(43)38-25-18-12-10-14-22(25)20-28(38)49(5,6)47-30-29-31(42)37(4)21-27(41)39(29)32-35(30,36)24-17-11-13-19-26(24)40(32)48(44,45)23-15-8-7-9-16-23;1-22-11-15(25)23-16(18(22)27)17(26)20(21)13-9-5-6-10-14(13)24(19(20)23)30(28,29)12-7-3-2-4-8-12;1-13(2,12)11-7-9-5-3-4-6-10(9)8-11/h7-20,29-30,32H,21H2,1-6H3;2-10,16-17,19,26H,11H2,1H3;3-7H,8H2,1-2H3/t29-,30+,32-,35+;16-,17+,19-,20+;/m00./s1. The summed E-state index contributed by atoms with van der Waals surface area (Å²) >= 11 is 14.0. The van der Waals surface area contributed by atoms with Gasteiger partial charge in [0.2, 0.25) is 31.9 Å². The SMILES string of the molecule is CN1CC(=O)N2[C@H](C1=O)[C@@H](O)[C@]1(Br)c3ccccc3N(S(=O)(=O)c3ccccc3)[C@H]21.CN1CC(=O)N2[C@H](C1=O)[C@@H](O[Si](C)(C)c1cc3ccccc3n1C(=O)OC(C)(C)C)[C@]1(Br)c3ccccc3N(S(=O)(=O)c3ccccc3)[C@H]21.C[Si](C)(Cl)C1=Cc2ccccc2C1. The summed E-state index contributed by atoms with van der Waals surface area (Å²) in [4.78, 5) is 73.2. The van der Waals surface area contributed by atoms with Crippen LogP contribution in [0.4, 0.5) is 16.2 Å². The molecule has 7 aliphatic rings. The van der Waals surface area contributed by atoms with E-state index in [2.05, 4.69) is 75.3 Å². The van der Waals surface area contributed by atoms with Gasteiger partial charge in [-0.1, -0.05) is 171 Å². The number of carbonyl (C=O) groups excluding carboxylic acids is 5. The number of amides is 4. The van der Waals surface area contributed by atoms with Crippen LogP contribution < -0.4 is 13.9 Å². The molecule has 0 unspecified atom stereocenters. The van der Waals surface area contributed by atoms with E-state index in [0.717, 1.165) is 16.1 Å². The molecule has 7 heterocycles. The maximum absolute atomic E-state index is 14.5. The molecule has 92 heavy (non-hydrogen) atoms. The zero-order valence-corrected chi connectivity index (χ0v) is 59.3. The van der Waals surface area contributed by atoms with Gasteiger partial charge in [-0.25, -0.2) is 30.2 Å². The number of aromatic nitrogens is 1. The third-order valence-electron chi connectivity index (χ3n) is 17.9. The topological polar surface area (TPSA) is 217 Å². The van der Waals surface area contributed by atoms with Crippen LogP contribution in [0.15, 0.2) is 179 Å². The first-order valence-corrected chi connectivity index (χ1v) is 41.2. The number of hydrogen-bond donors (Lipinski definition) is 1. The van der Waals surface area contributed by atoms with Gasteiger partial charge >= 0.3 is 6.09 Å². The third kappa shape index (κ3) is 10.5. The molecule has 0 saturated carbocycles. The summed E-state index contributed by atoms with van der Waals surface area (Å²) in [5.41, 5.74) is 4.48. The summed E-state index contributed by atoms with van der Waals surface area (Å²) in [6.45, 7) is 13.2. The summed E-state index contributed by atoms with van der Waals surface area (Å²) in [6.07, 6.45) is -1.91. The van der Waals surface area contributed by atoms with Crippen LogP contribution in [-0.4, -0.2) is 161 Å². The predicted molar refractivity (Wildman–Crippen MR) is 363 cm³/mol. The lowest BCUT2D eigenvalue weighted by atomic mass is 9.92. The van der Waals surface area contributed by atoms with Crippen molar-refractivity contribution in [1.29, 1.82) is 0 Å². The minimum absolute atomic E-state index is 0.0481. The molecule has 26 heteroatoms. The van der Waals surface area contributed by atoms with Gasteiger partial charge in [-0.15, -0.1) is 0 Å². The number of alkyl halides is 2. The second-order valence-corrected chi connectivity index (χ2v) is 42.3. The summed E-state index contributed by atoms with van der Waals surface area (Å²) in [6, 6.07) is 45.3. The van der Waals surface area contributed by atoms with Crippen LogP contribution >= 0.6 is 42.9 Å². The molecule has 480 valence electrons. The van der Waals surface area contributed by atoms with Crippen LogP contribution in [-0.2, 0) is 63.5 Å². The van der Waals surface area contributed by atoms with Crippen molar-refractivity contribution in [2.75, 3.05) is 35.8 Å². The monoisotopic (exact) mass is 1460 g/mol. The highest BCUT2D eigenvalue weighted by Crippen LogP contribution is 2.62. The number of allylic oxidation sites excluding steroid dienone is 1. The maximum atomic E-state index is 14.5. The summed E-state index contributed by atoms with van der Waals surface area (Å²) in [7, 11) is -10.2. The number of rotatable bonds is 8. The van der Waals surface area contributed by atoms with Crippen LogP contribution in [0, 0.1) is 0 Å². The predicted octanol–water partition coefficient (Wildman–Crippen LogP) is 9.19. The number of benzene rings is 6. The zero-order valence-electron chi connectivity index (χ0n) is 51.8. The van der Waals surface area contributed by atoms with E-state index in [-0.39, 0.29) is 28.8 Å². The summed E-state index contributed by atoms with van der Waals surface area (Å²) < 4.78 is 70.8. The largest absolute Gasteiger partial charge is 0.443 e. The van der Waals surface area contributed by atoms with Crippen molar-refractivity contribution in [3.05, 3.63) is 191 Å². The number of nitrogens with zero attached hydrogens (tertiary/aromatic N) is 7. The number of piperazine rings is 2. The molecule has 4 amide bonds. The Morgan fingerprint density at radius 2 is 1.09 bits per heavy atom. The van der Waals surface area contributed by atoms with E-state index in [0.29, 0.717) is 33.3 Å². The second kappa shape index (κ2) is 23.2. The van der Waals surface area contributed by atoms with Crippen molar-refractivity contribution in [3.8, 4) is 0 Å². The lowest BCUT2D eigenvalue weighted by Gasteiger charge is -2.41. The molecule has 8 atom stereocenters. The fraction of sp³-hybridized carbons (Fsp3) is 0.318. The second-order valence-electron chi connectivity index (χ2n) is 25.8.